The molecule has 2 aliphatic carbocycles. The monoisotopic (exact) mass is 687 g/mol. The molecule has 6 atom stereocenters. The van der Waals surface area contributed by atoms with Crippen LogP contribution in [0.3, 0.4) is 0 Å². The van der Waals surface area contributed by atoms with Gasteiger partial charge in [-0.1, -0.05) is 18.0 Å². The van der Waals surface area contributed by atoms with Gasteiger partial charge in [-0.3, -0.25) is 28.5 Å². The van der Waals surface area contributed by atoms with E-state index in [2.05, 4.69) is 20.2 Å². The number of nitrogens with one attached hydrogen (secondary N) is 3. The molecule has 4 N–H and O–H groups in total. The van der Waals surface area contributed by atoms with E-state index in [0.29, 0.717) is 30.3 Å². The minimum absolute atomic E-state index is 0.304. The number of aromatic nitrogens is 2. The highest BCUT2D eigenvalue weighted by atomic mass is 31.2. The molecule has 2 unspecified atom stereocenters. The highest BCUT2D eigenvalue weighted by Gasteiger charge is 2.57. The number of aliphatic hydroxyl groups is 1. The van der Waals surface area contributed by atoms with Crippen LogP contribution in [0, 0.1) is 0 Å². The number of azide groups is 1. The SMILES string of the molecule is CC(NP(=O)(NC(C)C(=O)OC1CCCCC1)OC[C@@]1(CN=[N+]=[N-])O[C@@H](n2ccc(=O)[nH]c2=O)[C@H](F)[C@@H]1O)C(=O)OC1CCCCC1. The molecule has 2 heterocycles. The van der Waals surface area contributed by atoms with Gasteiger partial charge < -0.3 is 23.8 Å². The molecule has 4 rings (SSSR count). The summed E-state index contributed by atoms with van der Waals surface area (Å²) < 4.78 is 53.2. The first kappa shape index (κ1) is 36.7. The van der Waals surface area contributed by atoms with Gasteiger partial charge in [0.25, 0.3) is 5.56 Å². The van der Waals surface area contributed by atoms with E-state index in [1.165, 1.54) is 13.8 Å². The highest BCUT2D eigenvalue weighted by molar-refractivity contribution is 7.54. The maximum atomic E-state index is 15.5. The van der Waals surface area contributed by atoms with Crippen LogP contribution >= 0.6 is 7.67 Å². The van der Waals surface area contributed by atoms with Gasteiger partial charge in [0, 0.05) is 17.2 Å². The number of H-pyrrole nitrogens is 1. The Labute approximate surface area is 270 Å². The molecule has 0 amide bonds. The molecule has 3 aliphatic rings. The van der Waals surface area contributed by atoms with Crippen molar-refractivity contribution in [3.8, 4) is 0 Å². The third-order valence-electron chi connectivity index (χ3n) is 8.59. The van der Waals surface area contributed by atoms with Gasteiger partial charge >= 0.3 is 25.3 Å². The first-order valence-corrected chi connectivity index (χ1v) is 17.5. The van der Waals surface area contributed by atoms with Gasteiger partial charge in [-0.15, -0.1) is 0 Å². The van der Waals surface area contributed by atoms with Crippen molar-refractivity contribution >= 4 is 19.6 Å². The lowest BCUT2D eigenvalue weighted by Crippen LogP contribution is -2.50. The second kappa shape index (κ2) is 16.3. The minimum Gasteiger partial charge on any atom is -0.461 e. The lowest BCUT2D eigenvalue weighted by molar-refractivity contribution is -0.152. The lowest BCUT2D eigenvalue weighted by atomic mass is 9.97. The molecule has 1 saturated heterocycles. The number of aromatic amines is 1. The molecule has 262 valence electrons. The van der Waals surface area contributed by atoms with Gasteiger partial charge in [-0.25, -0.2) is 19.4 Å². The zero-order chi connectivity index (χ0) is 34.2. The van der Waals surface area contributed by atoms with E-state index in [0.717, 1.165) is 50.8 Å². The zero-order valence-electron chi connectivity index (χ0n) is 26.4. The van der Waals surface area contributed by atoms with Gasteiger partial charge in [0.2, 0.25) is 0 Å². The fourth-order valence-electron chi connectivity index (χ4n) is 5.93. The van der Waals surface area contributed by atoms with E-state index in [4.69, 9.17) is 24.3 Å². The summed E-state index contributed by atoms with van der Waals surface area (Å²) in [7, 11) is -4.49. The summed E-state index contributed by atoms with van der Waals surface area (Å²) in [4.78, 5) is 54.5. The van der Waals surface area contributed by atoms with Crippen molar-refractivity contribution in [1.29, 1.82) is 0 Å². The normalized spacial score (nSPS) is 28.0. The molecular weight excluding hydrogens is 644 g/mol. The molecular formula is C28H43FN7O10P. The van der Waals surface area contributed by atoms with Gasteiger partial charge in [0.15, 0.2) is 12.4 Å². The van der Waals surface area contributed by atoms with Gasteiger partial charge in [-0.2, -0.15) is 0 Å². The van der Waals surface area contributed by atoms with Crippen molar-refractivity contribution in [1.82, 2.24) is 19.7 Å². The predicted molar refractivity (Wildman–Crippen MR) is 164 cm³/mol. The Morgan fingerprint density at radius 2 is 1.64 bits per heavy atom. The number of hydrogen-bond donors (Lipinski definition) is 4. The fraction of sp³-hybridized carbons (Fsp3) is 0.786. The average Bonchev–Trinajstić information content (AvgIpc) is 3.29. The standard InChI is InChI=1S/C28H43FN7O10P/c1-17(25(39)44-19-9-5-3-6-10-19)33-47(42,34-18(2)26(40)45-20-11-7-4-8-12-20)43-16-28(15-31-35-30)23(38)22(29)24(46-28)36-14-13-21(37)32-27(36)41/h13-14,17-20,22-24,38H,3-12,15-16H2,1-2H3,(H,32,37,41)(H2,33,34,42)/t17?,18?,22-,23+,24-,28-,47?/m1/s1. The van der Waals surface area contributed by atoms with Crippen LogP contribution in [0.1, 0.15) is 84.3 Å². The molecule has 0 radical (unpaired) electrons. The Hall–Kier alpha value is -3.11. The Kier molecular flexibility index (Phi) is 12.8. The van der Waals surface area contributed by atoms with Gasteiger partial charge in [-0.05, 0) is 70.7 Å². The summed E-state index contributed by atoms with van der Waals surface area (Å²) in [6.45, 7) is 1.13. The Balaban J connectivity index is 1.56. The van der Waals surface area contributed by atoms with Crippen LogP contribution in [0.2, 0.25) is 0 Å². The Morgan fingerprint density at radius 3 is 2.13 bits per heavy atom. The average molecular weight is 688 g/mol. The molecule has 0 aromatic carbocycles. The molecule has 1 aliphatic heterocycles. The molecule has 17 nitrogen and oxygen atoms in total. The largest absolute Gasteiger partial charge is 0.461 e. The van der Waals surface area contributed by atoms with Crippen molar-refractivity contribution in [3.63, 3.8) is 0 Å². The lowest BCUT2D eigenvalue weighted by Gasteiger charge is -2.33. The quantitative estimate of drug-likeness (QED) is 0.0726. The molecule has 1 aromatic rings. The topological polar surface area (TPSA) is 236 Å². The van der Waals surface area contributed by atoms with Crippen LogP contribution in [0.4, 0.5) is 4.39 Å². The number of aliphatic hydroxyl groups excluding tert-OH is 1. The number of esters is 2. The third kappa shape index (κ3) is 9.50. The summed E-state index contributed by atoms with van der Waals surface area (Å²) >= 11 is 0. The second-order valence-electron chi connectivity index (χ2n) is 12.3. The number of rotatable bonds is 14. The molecule has 2 saturated carbocycles. The van der Waals surface area contributed by atoms with E-state index < -0.39 is 80.2 Å². The fourth-order valence-corrected chi connectivity index (χ4v) is 7.79. The predicted octanol–water partition coefficient (Wildman–Crippen LogP) is 2.65. The maximum absolute atomic E-state index is 15.5. The maximum Gasteiger partial charge on any atom is 0.342 e. The van der Waals surface area contributed by atoms with Crippen LogP contribution in [0.15, 0.2) is 27.0 Å². The first-order chi connectivity index (χ1) is 22.4. The molecule has 0 bridgehead atoms. The number of hydrogen-bond acceptors (Lipinski definition) is 11. The summed E-state index contributed by atoms with van der Waals surface area (Å²) in [6, 6.07) is -1.50. The number of ether oxygens (including phenoxy) is 3. The van der Waals surface area contributed by atoms with E-state index in [1.807, 2.05) is 4.98 Å². The van der Waals surface area contributed by atoms with Crippen LogP contribution in [0.25, 0.3) is 10.4 Å². The molecule has 47 heavy (non-hydrogen) atoms. The number of halogens is 1. The third-order valence-corrected chi connectivity index (χ3v) is 10.5. The zero-order valence-corrected chi connectivity index (χ0v) is 27.3. The molecule has 3 fully saturated rings. The van der Waals surface area contributed by atoms with Gasteiger partial charge in [0.05, 0.1) is 13.2 Å². The Morgan fingerprint density at radius 1 is 1.11 bits per heavy atom. The first-order valence-electron chi connectivity index (χ1n) is 15.9. The van der Waals surface area contributed by atoms with Crippen molar-refractivity contribution < 1.29 is 42.4 Å². The van der Waals surface area contributed by atoms with Crippen LogP contribution in [-0.4, -0.2) is 81.9 Å². The van der Waals surface area contributed by atoms with E-state index in [-0.39, 0.29) is 12.2 Å². The number of carbonyl (C=O) groups is 2. The second-order valence-corrected chi connectivity index (χ2v) is 14.2. The van der Waals surface area contributed by atoms with Crippen molar-refractivity contribution in [2.24, 2.45) is 5.11 Å². The molecule has 19 heteroatoms. The van der Waals surface area contributed by atoms with Crippen LogP contribution < -0.4 is 21.4 Å². The van der Waals surface area contributed by atoms with E-state index in [1.54, 1.807) is 0 Å². The number of alkyl halides is 1. The minimum atomic E-state index is -4.49. The highest BCUT2D eigenvalue weighted by Crippen LogP contribution is 2.45. The summed E-state index contributed by atoms with van der Waals surface area (Å²) in [5.74, 6) is -1.44. The van der Waals surface area contributed by atoms with Crippen LogP contribution in [-0.2, 0) is 32.9 Å². The summed E-state index contributed by atoms with van der Waals surface area (Å²) in [5.41, 5.74) is 5.02. The Bertz CT molecular complexity index is 1420. The van der Waals surface area contributed by atoms with Crippen LogP contribution in [0.5, 0.6) is 0 Å². The van der Waals surface area contributed by atoms with E-state index >= 15 is 4.39 Å². The van der Waals surface area contributed by atoms with E-state index in [9.17, 15) is 28.8 Å². The smallest absolute Gasteiger partial charge is 0.342 e. The number of carbonyl (C=O) groups excluding carboxylic acids is 2. The molecule has 1 aromatic heterocycles. The summed E-state index contributed by atoms with van der Waals surface area (Å²) in [5, 5.41) is 19.5. The van der Waals surface area contributed by atoms with Gasteiger partial charge in [0.1, 0.15) is 36.0 Å². The van der Waals surface area contributed by atoms with Crippen molar-refractivity contribution in [3.05, 3.63) is 43.5 Å². The van der Waals surface area contributed by atoms with Crippen molar-refractivity contribution in [2.75, 3.05) is 13.2 Å². The number of nitrogens with zero attached hydrogens (tertiary/aromatic N) is 4. The summed E-state index contributed by atoms with van der Waals surface area (Å²) in [6.07, 6.45) is 2.60. The molecule has 0 spiro atoms. The van der Waals surface area contributed by atoms with Crippen molar-refractivity contribution in [2.45, 2.75) is 126 Å².